The van der Waals surface area contributed by atoms with Crippen LogP contribution in [0, 0.1) is 0 Å². The molecule has 0 saturated carbocycles. The van der Waals surface area contributed by atoms with Crippen LogP contribution in [0.1, 0.15) is 37.7 Å². The van der Waals surface area contributed by atoms with Gasteiger partial charge in [-0.15, -0.1) is 0 Å². The van der Waals surface area contributed by atoms with Crippen molar-refractivity contribution in [1.82, 2.24) is 14.5 Å². The zero-order valence-electron chi connectivity index (χ0n) is 18.5. The van der Waals surface area contributed by atoms with Crippen molar-refractivity contribution in [2.24, 2.45) is 5.73 Å². The van der Waals surface area contributed by atoms with Crippen molar-refractivity contribution < 1.29 is 9.90 Å². The van der Waals surface area contributed by atoms with Gasteiger partial charge in [0.25, 0.3) is 5.56 Å². The van der Waals surface area contributed by atoms with Crippen LogP contribution in [0.25, 0.3) is 0 Å². The van der Waals surface area contributed by atoms with E-state index < -0.39 is 5.60 Å². The Balaban J connectivity index is 1.30. The summed E-state index contributed by atoms with van der Waals surface area (Å²) in [5.41, 5.74) is 5.99. The molecule has 0 aliphatic carbocycles. The van der Waals surface area contributed by atoms with Crippen LogP contribution in [0.4, 0.5) is 5.82 Å². The van der Waals surface area contributed by atoms with Crippen molar-refractivity contribution in [1.29, 1.82) is 0 Å². The molecule has 0 bridgehead atoms. The molecular weight excluding hydrogens is 406 g/mol. The van der Waals surface area contributed by atoms with Gasteiger partial charge in [-0.05, 0) is 37.7 Å². The van der Waals surface area contributed by atoms with Crippen LogP contribution in [0.5, 0.6) is 0 Å². The zero-order chi connectivity index (χ0) is 22.6. The molecule has 2 aliphatic heterocycles. The molecule has 32 heavy (non-hydrogen) atoms. The molecule has 0 unspecified atom stereocenters. The number of benzene rings is 1. The van der Waals surface area contributed by atoms with E-state index in [-0.39, 0.29) is 24.1 Å². The van der Waals surface area contributed by atoms with E-state index >= 15 is 0 Å². The summed E-state index contributed by atoms with van der Waals surface area (Å²) in [6, 6.07) is 11.6. The average Bonchev–Trinajstić information content (AvgIpc) is 2.80. The SMILES string of the molecule is N[C@H]1CCCN(c2cc(=O)n(CC3(O)CCN(C(=O)CCc4ccccc4)CC3)cn2)C1. The highest BCUT2D eigenvalue weighted by molar-refractivity contribution is 5.76. The first-order chi connectivity index (χ1) is 15.4. The van der Waals surface area contributed by atoms with Crippen LogP contribution in [-0.2, 0) is 17.8 Å². The van der Waals surface area contributed by atoms with Gasteiger partial charge in [-0.1, -0.05) is 30.3 Å². The van der Waals surface area contributed by atoms with Gasteiger partial charge in [0.2, 0.25) is 5.91 Å². The molecule has 2 fully saturated rings. The molecular formula is C24H33N5O3. The molecule has 8 heteroatoms. The van der Waals surface area contributed by atoms with E-state index in [1.54, 1.807) is 0 Å². The van der Waals surface area contributed by atoms with Crippen molar-refractivity contribution in [2.75, 3.05) is 31.1 Å². The smallest absolute Gasteiger partial charge is 0.255 e. The van der Waals surface area contributed by atoms with E-state index in [9.17, 15) is 14.7 Å². The fourth-order valence-electron chi connectivity index (χ4n) is 4.63. The normalized spacial score (nSPS) is 20.9. The van der Waals surface area contributed by atoms with Gasteiger partial charge >= 0.3 is 0 Å². The number of hydrogen-bond acceptors (Lipinski definition) is 6. The number of aromatic nitrogens is 2. The van der Waals surface area contributed by atoms with Gasteiger partial charge in [0, 0.05) is 44.7 Å². The van der Waals surface area contributed by atoms with Gasteiger partial charge in [0.15, 0.2) is 0 Å². The monoisotopic (exact) mass is 439 g/mol. The highest BCUT2D eigenvalue weighted by Gasteiger charge is 2.34. The summed E-state index contributed by atoms with van der Waals surface area (Å²) in [5.74, 6) is 0.756. The molecule has 1 aromatic carbocycles. The molecule has 2 aliphatic rings. The topological polar surface area (TPSA) is 105 Å². The van der Waals surface area contributed by atoms with Crippen LogP contribution < -0.4 is 16.2 Å². The minimum absolute atomic E-state index is 0.106. The first-order valence-electron chi connectivity index (χ1n) is 11.5. The number of anilines is 1. The van der Waals surface area contributed by atoms with Crippen LogP contribution in [0.3, 0.4) is 0 Å². The van der Waals surface area contributed by atoms with E-state index in [0.29, 0.717) is 44.7 Å². The first kappa shape index (κ1) is 22.5. The van der Waals surface area contributed by atoms with Crippen molar-refractivity contribution in [3.05, 3.63) is 58.6 Å². The Hall–Kier alpha value is -2.71. The summed E-state index contributed by atoms with van der Waals surface area (Å²) in [4.78, 5) is 33.6. The third-order valence-electron chi connectivity index (χ3n) is 6.63. The Kier molecular flexibility index (Phi) is 6.91. The molecule has 8 nitrogen and oxygen atoms in total. The van der Waals surface area contributed by atoms with Crippen molar-refractivity contribution in [3.63, 3.8) is 0 Å². The van der Waals surface area contributed by atoms with E-state index in [0.717, 1.165) is 31.4 Å². The molecule has 1 aromatic heterocycles. The molecule has 2 aromatic rings. The lowest BCUT2D eigenvalue weighted by atomic mass is 9.91. The number of aryl methyl sites for hydroxylation is 1. The second kappa shape index (κ2) is 9.83. The second-order valence-electron chi connectivity index (χ2n) is 9.15. The summed E-state index contributed by atoms with van der Waals surface area (Å²) in [6.07, 6.45) is 5.58. The third kappa shape index (κ3) is 5.55. The molecule has 4 rings (SSSR count). The standard InChI is InChI=1S/C24H33N5O3/c25-20-7-4-12-28(16-20)21-15-23(31)29(18-26-21)17-24(32)10-13-27(14-11-24)22(30)9-8-19-5-2-1-3-6-19/h1-3,5-6,15,18,20,32H,4,7-14,16-17,25H2/t20-/m0/s1. The third-order valence-corrected chi connectivity index (χ3v) is 6.63. The largest absolute Gasteiger partial charge is 0.388 e. The van der Waals surface area contributed by atoms with Crippen molar-refractivity contribution in [2.45, 2.75) is 56.7 Å². The highest BCUT2D eigenvalue weighted by Crippen LogP contribution is 2.25. The zero-order valence-corrected chi connectivity index (χ0v) is 18.5. The fraction of sp³-hybridized carbons (Fsp3) is 0.542. The summed E-state index contributed by atoms with van der Waals surface area (Å²) < 4.78 is 1.47. The maximum atomic E-state index is 12.7. The number of aliphatic hydroxyl groups is 1. The molecule has 3 N–H and O–H groups in total. The number of piperidine rings is 2. The van der Waals surface area contributed by atoms with Crippen LogP contribution in [0.2, 0.25) is 0 Å². The lowest BCUT2D eigenvalue weighted by Crippen LogP contribution is -2.49. The quantitative estimate of drug-likeness (QED) is 0.700. The number of carbonyl (C=O) groups excluding carboxylic acids is 1. The molecule has 1 amide bonds. The predicted octanol–water partition coefficient (Wildman–Crippen LogP) is 1.16. The minimum atomic E-state index is -1.02. The number of nitrogens with zero attached hydrogens (tertiary/aromatic N) is 4. The van der Waals surface area contributed by atoms with Gasteiger partial charge in [-0.25, -0.2) is 4.98 Å². The maximum Gasteiger partial charge on any atom is 0.255 e. The molecule has 3 heterocycles. The lowest BCUT2D eigenvalue weighted by Gasteiger charge is -2.38. The van der Waals surface area contributed by atoms with E-state index in [4.69, 9.17) is 5.73 Å². The maximum absolute atomic E-state index is 12.7. The highest BCUT2D eigenvalue weighted by atomic mass is 16.3. The Morgan fingerprint density at radius 2 is 1.94 bits per heavy atom. The first-order valence-corrected chi connectivity index (χ1v) is 11.5. The molecule has 0 spiro atoms. The Morgan fingerprint density at radius 1 is 1.19 bits per heavy atom. The van der Waals surface area contributed by atoms with Gasteiger partial charge in [-0.3, -0.25) is 14.2 Å². The number of nitrogens with two attached hydrogens (primary N) is 1. The van der Waals surface area contributed by atoms with Crippen LogP contribution >= 0.6 is 0 Å². The number of hydrogen-bond donors (Lipinski definition) is 2. The van der Waals surface area contributed by atoms with Crippen LogP contribution in [-0.4, -0.2) is 63.3 Å². The van der Waals surface area contributed by atoms with E-state index in [2.05, 4.69) is 4.98 Å². The lowest BCUT2D eigenvalue weighted by molar-refractivity contribution is -0.135. The van der Waals surface area contributed by atoms with Gasteiger partial charge in [0.05, 0.1) is 18.5 Å². The van der Waals surface area contributed by atoms with Crippen molar-refractivity contribution >= 4 is 11.7 Å². The summed E-state index contributed by atoms with van der Waals surface area (Å²) in [7, 11) is 0. The van der Waals surface area contributed by atoms with Gasteiger partial charge in [0.1, 0.15) is 5.82 Å². The minimum Gasteiger partial charge on any atom is -0.388 e. The average molecular weight is 440 g/mol. The van der Waals surface area contributed by atoms with E-state index in [1.165, 1.54) is 17.0 Å². The Bertz CT molecular complexity index is 969. The Morgan fingerprint density at radius 3 is 2.62 bits per heavy atom. The molecule has 2 saturated heterocycles. The number of carbonyl (C=O) groups is 1. The fourth-order valence-corrected chi connectivity index (χ4v) is 4.63. The van der Waals surface area contributed by atoms with Crippen molar-refractivity contribution in [3.8, 4) is 0 Å². The van der Waals surface area contributed by atoms with Gasteiger partial charge in [-0.2, -0.15) is 0 Å². The Labute approximate surface area is 188 Å². The molecule has 0 radical (unpaired) electrons. The summed E-state index contributed by atoms with van der Waals surface area (Å²) >= 11 is 0. The number of rotatable bonds is 6. The summed E-state index contributed by atoms with van der Waals surface area (Å²) in [6.45, 7) is 2.73. The van der Waals surface area contributed by atoms with Crippen LogP contribution in [0.15, 0.2) is 47.5 Å². The molecule has 1 atom stereocenters. The molecule has 172 valence electrons. The predicted molar refractivity (Wildman–Crippen MR) is 123 cm³/mol. The van der Waals surface area contributed by atoms with E-state index in [1.807, 2.05) is 40.1 Å². The van der Waals surface area contributed by atoms with Gasteiger partial charge < -0.3 is 20.6 Å². The summed E-state index contributed by atoms with van der Waals surface area (Å²) in [5, 5.41) is 11.1. The number of amides is 1. The number of likely N-dealkylation sites (tertiary alicyclic amines) is 1. The second-order valence-corrected chi connectivity index (χ2v) is 9.15.